The van der Waals surface area contributed by atoms with Gasteiger partial charge in [-0.1, -0.05) is 35.9 Å². The Balaban J connectivity index is 2.35. The van der Waals surface area contributed by atoms with Gasteiger partial charge in [-0.2, -0.15) is 0 Å². The number of benzene rings is 2. The number of hydrogen-bond acceptors (Lipinski definition) is 2. The number of fused-ring (bicyclic) bond motifs is 1. The number of imide groups is 1. The molecule has 0 spiro atoms. The van der Waals surface area contributed by atoms with Gasteiger partial charge in [0.05, 0.1) is 5.69 Å². The fourth-order valence-electron chi connectivity index (χ4n) is 2.36. The molecule has 2 aromatic carbocycles. The molecule has 19 heavy (non-hydrogen) atoms. The topological polar surface area (TPSA) is 37.4 Å². The molecule has 0 N–H and O–H groups in total. The van der Waals surface area contributed by atoms with E-state index in [1.807, 2.05) is 31.2 Å². The molecular formula is C15H10ClNO2. The van der Waals surface area contributed by atoms with E-state index in [1.54, 1.807) is 6.07 Å². The summed E-state index contributed by atoms with van der Waals surface area (Å²) in [5, 5.41) is 2.25. The van der Waals surface area contributed by atoms with E-state index in [9.17, 15) is 9.59 Å². The van der Waals surface area contributed by atoms with Gasteiger partial charge in [-0.3, -0.25) is 9.59 Å². The number of carbonyl (C=O) groups is 2. The standard InChI is InChI=1S/C15H10ClNO2/c1-9-8-12(16)10-4-2-3-5-11(10)15(9)17-13(18)6-7-14(17)19/h2-8H,1H3. The van der Waals surface area contributed by atoms with Gasteiger partial charge in [0.1, 0.15) is 0 Å². The molecule has 1 heterocycles. The fourth-order valence-corrected chi connectivity index (χ4v) is 2.69. The highest BCUT2D eigenvalue weighted by Gasteiger charge is 2.28. The Morgan fingerprint density at radius 3 is 2.21 bits per heavy atom. The van der Waals surface area contributed by atoms with Crippen LogP contribution in [-0.4, -0.2) is 11.8 Å². The maximum Gasteiger partial charge on any atom is 0.258 e. The molecule has 3 nitrogen and oxygen atoms in total. The summed E-state index contributed by atoms with van der Waals surface area (Å²) in [6.45, 7) is 1.84. The maximum atomic E-state index is 11.9. The van der Waals surface area contributed by atoms with Crippen LogP contribution in [0.4, 0.5) is 5.69 Å². The van der Waals surface area contributed by atoms with Gasteiger partial charge < -0.3 is 0 Å². The van der Waals surface area contributed by atoms with E-state index in [1.165, 1.54) is 17.1 Å². The molecule has 2 amide bonds. The highest BCUT2D eigenvalue weighted by molar-refractivity contribution is 6.37. The predicted molar refractivity (Wildman–Crippen MR) is 75.3 cm³/mol. The number of hydrogen-bond donors (Lipinski definition) is 0. The lowest BCUT2D eigenvalue weighted by Gasteiger charge is -2.19. The van der Waals surface area contributed by atoms with Gasteiger partial charge in [0, 0.05) is 27.9 Å². The molecule has 0 aromatic heterocycles. The number of carbonyl (C=O) groups excluding carboxylic acids is 2. The molecular weight excluding hydrogens is 262 g/mol. The van der Waals surface area contributed by atoms with Crippen LogP contribution in [0.3, 0.4) is 0 Å². The highest BCUT2D eigenvalue weighted by Crippen LogP contribution is 2.36. The maximum absolute atomic E-state index is 11.9. The molecule has 3 rings (SSSR count). The lowest BCUT2D eigenvalue weighted by Crippen LogP contribution is -2.30. The molecule has 0 bridgehead atoms. The number of rotatable bonds is 1. The molecule has 0 saturated heterocycles. The van der Waals surface area contributed by atoms with Gasteiger partial charge in [0.25, 0.3) is 11.8 Å². The minimum atomic E-state index is -0.319. The van der Waals surface area contributed by atoms with Crippen LogP contribution in [0, 0.1) is 6.92 Å². The predicted octanol–water partition coefficient (Wildman–Crippen LogP) is 3.23. The van der Waals surface area contributed by atoms with Crippen molar-refractivity contribution in [2.24, 2.45) is 0 Å². The van der Waals surface area contributed by atoms with Crippen molar-refractivity contribution in [2.75, 3.05) is 4.90 Å². The molecule has 1 aliphatic rings. The second-order valence-electron chi connectivity index (χ2n) is 4.41. The van der Waals surface area contributed by atoms with Gasteiger partial charge in [-0.25, -0.2) is 4.90 Å². The lowest BCUT2D eigenvalue weighted by molar-refractivity contribution is -0.119. The van der Waals surface area contributed by atoms with Crippen LogP contribution in [0.2, 0.25) is 5.02 Å². The zero-order valence-electron chi connectivity index (χ0n) is 10.2. The second kappa shape index (κ2) is 4.21. The van der Waals surface area contributed by atoms with Crippen molar-refractivity contribution in [1.29, 1.82) is 0 Å². The smallest absolute Gasteiger partial charge is 0.258 e. The van der Waals surface area contributed by atoms with Crippen molar-refractivity contribution in [1.82, 2.24) is 0 Å². The molecule has 1 aliphatic heterocycles. The van der Waals surface area contributed by atoms with E-state index in [4.69, 9.17) is 11.6 Å². The summed E-state index contributed by atoms with van der Waals surface area (Å²) in [5.74, 6) is -0.638. The molecule has 0 saturated carbocycles. The molecule has 0 unspecified atom stereocenters. The Morgan fingerprint density at radius 1 is 1.00 bits per heavy atom. The third-order valence-electron chi connectivity index (χ3n) is 3.19. The summed E-state index contributed by atoms with van der Waals surface area (Å²) in [6, 6.07) is 9.25. The summed E-state index contributed by atoms with van der Waals surface area (Å²) in [4.78, 5) is 24.9. The number of nitrogens with zero attached hydrogens (tertiary/aromatic N) is 1. The molecule has 0 radical (unpaired) electrons. The van der Waals surface area contributed by atoms with Crippen LogP contribution in [-0.2, 0) is 9.59 Å². The van der Waals surface area contributed by atoms with Crippen molar-refractivity contribution in [3.63, 3.8) is 0 Å². The zero-order chi connectivity index (χ0) is 13.6. The van der Waals surface area contributed by atoms with Gasteiger partial charge >= 0.3 is 0 Å². The van der Waals surface area contributed by atoms with Crippen molar-refractivity contribution in [3.05, 3.63) is 53.1 Å². The molecule has 2 aromatic rings. The normalized spacial score (nSPS) is 14.7. The summed E-state index contributed by atoms with van der Waals surface area (Å²) in [7, 11) is 0. The van der Waals surface area contributed by atoms with Crippen LogP contribution < -0.4 is 4.90 Å². The lowest BCUT2D eigenvalue weighted by atomic mass is 10.0. The average Bonchev–Trinajstić information content (AvgIpc) is 2.71. The van der Waals surface area contributed by atoms with Crippen molar-refractivity contribution >= 4 is 39.9 Å². The summed E-state index contributed by atoms with van der Waals surface area (Å²) >= 11 is 6.21. The first-order chi connectivity index (χ1) is 9.09. The van der Waals surface area contributed by atoms with Crippen LogP contribution in [0.1, 0.15) is 5.56 Å². The highest BCUT2D eigenvalue weighted by atomic mass is 35.5. The van der Waals surface area contributed by atoms with E-state index in [2.05, 4.69) is 0 Å². The molecule has 94 valence electrons. The second-order valence-corrected chi connectivity index (χ2v) is 4.82. The SMILES string of the molecule is Cc1cc(Cl)c2ccccc2c1N1C(=O)C=CC1=O. The Morgan fingerprint density at radius 2 is 1.58 bits per heavy atom. The van der Waals surface area contributed by atoms with E-state index in [0.29, 0.717) is 10.7 Å². The van der Waals surface area contributed by atoms with Gasteiger partial charge in [0.2, 0.25) is 0 Å². The Hall–Kier alpha value is -2.13. The first-order valence-corrected chi connectivity index (χ1v) is 6.21. The summed E-state index contributed by atoms with van der Waals surface area (Å²) in [5.41, 5.74) is 1.41. The van der Waals surface area contributed by atoms with E-state index < -0.39 is 0 Å². The third-order valence-corrected chi connectivity index (χ3v) is 3.50. The first-order valence-electron chi connectivity index (χ1n) is 5.83. The molecule has 0 aliphatic carbocycles. The fraction of sp³-hybridized carbons (Fsp3) is 0.0667. The van der Waals surface area contributed by atoms with Gasteiger partial charge in [0.15, 0.2) is 0 Å². The Bertz CT molecular complexity index is 731. The minimum Gasteiger partial charge on any atom is -0.269 e. The van der Waals surface area contributed by atoms with Crippen molar-refractivity contribution in [3.8, 4) is 0 Å². The van der Waals surface area contributed by atoms with E-state index in [-0.39, 0.29) is 11.8 Å². The molecule has 0 atom stereocenters. The first kappa shape index (κ1) is 11.9. The molecule has 4 heteroatoms. The summed E-state index contributed by atoms with van der Waals surface area (Å²) < 4.78 is 0. The summed E-state index contributed by atoms with van der Waals surface area (Å²) in [6.07, 6.45) is 2.57. The third kappa shape index (κ3) is 1.74. The monoisotopic (exact) mass is 271 g/mol. The number of amides is 2. The van der Waals surface area contributed by atoms with Gasteiger partial charge in [-0.05, 0) is 18.6 Å². The zero-order valence-corrected chi connectivity index (χ0v) is 10.9. The number of halogens is 1. The number of aryl methyl sites for hydroxylation is 1. The van der Waals surface area contributed by atoms with E-state index >= 15 is 0 Å². The minimum absolute atomic E-state index is 0.319. The van der Waals surface area contributed by atoms with Crippen LogP contribution in [0.25, 0.3) is 10.8 Å². The molecule has 0 fully saturated rings. The van der Waals surface area contributed by atoms with E-state index in [0.717, 1.165) is 16.3 Å². The van der Waals surface area contributed by atoms with Crippen LogP contribution >= 0.6 is 11.6 Å². The average molecular weight is 272 g/mol. The Kier molecular flexibility index (Phi) is 2.64. The van der Waals surface area contributed by atoms with Gasteiger partial charge in [-0.15, -0.1) is 0 Å². The van der Waals surface area contributed by atoms with Crippen LogP contribution in [0.5, 0.6) is 0 Å². The van der Waals surface area contributed by atoms with Crippen molar-refractivity contribution in [2.45, 2.75) is 6.92 Å². The largest absolute Gasteiger partial charge is 0.269 e. The quantitative estimate of drug-likeness (QED) is 0.747. The number of anilines is 1. The van der Waals surface area contributed by atoms with Crippen molar-refractivity contribution < 1.29 is 9.59 Å². The Labute approximate surface area is 115 Å². The van der Waals surface area contributed by atoms with Crippen LogP contribution in [0.15, 0.2) is 42.5 Å².